The van der Waals surface area contributed by atoms with E-state index in [1.165, 1.54) is 0 Å². The number of amides is 2. The van der Waals surface area contributed by atoms with Crippen LogP contribution < -0.4 is 10.2 Å². The Kier molecular flexibility index (Phi) is 3.98. The van der Waals surface area contributed by atoms with Crippen LogP contribution in [0.5, 0.6) is 0 Å². The molecule has 0 radical (unpaired) electrons. The summed E-state index contributed by atoms with van der Waals surface area (Å²) < 4.78 is 5.70. The predicted octanol–water partition coefficient (Wildman–Crippen LogP) is 3.10. The van der Waals surface area contributed by atoms with Gasteiger partial charge in [-0.25, -0.2) is 0 Å². The van der Waals surface area contributed by atoms with Crippen LogP contribution in [0.3, 0.4) is 0 Å². The van der Waals surface area contributed by atoms with Crippen molar-refractivity contribution < 1.29 is 14.0 Å². The molecule has 0 aliphatic carbocycles. The van der Waals surface area contributed by atoms with Crippen molar-refractivity contribution in [3.63, 3.8) is 0 Å². The second kappa shape index (κ2) is 6.43. The van der Waals surface area contributed by atoms with Gasteiger partial charge in [-0.05, 0) is 24.3 Å². The van der Waals surface area contributed by atoms with Crippen molar-refractivity contribution in [2.45, 2.75) is 13.0 Å². The van der Waals surface area contributed by atoms with Crippen molar-refractivity contribution in [3.05, 3.63) is 66.4 Å². The number of benzene rings is 2. The third-order valence-corrected chi connectivity index (χ3v) is 4.48. The topological polar surface area (TPSA) is 62.6 Å². The van der Waals surface area contributed by atoms with Crippen LogP contribution in [0.2, 0.25) is 0 Å². The predicted molar refractivity (Wildman–Crippen MR) is 95.0 cm³/mol. The van der Waals surface area contributed by atoms with Gasteiger partial charge in [0.1, 0.15) is 11.3 Å². The molecule has 5 heteroatoms. The minimum atomic E-state index is -0.336. The highest BCUT2D eigenvalue weighted by atomic mass is 16.3. The summed E-state index contributed by atoms with van der Waals surface area (Å²) in [6, 6.07) is 19.1. The fraction of sp³-hybridized carbons (Fsp3) is 0.200. The zero-order valence-corrected chi connectivity index (χ0v) is 13.6. The molecular weight excluding hydrogens is 316 g/mol. The van der Waals surface area contributed by atoms with Crippen LogP contribution in [-0.2, 0) is 16.1 Å². The molecule has 1 N–H and O–H groups in total. The lowest BCUT2D eigenvalue weighted by Crippen LogP contribution is -2.32. The highest BCUT2D eigenvalue weighted by Crippen LogP contribution is 2.25. The first-order valence-electron chi connectivity index (χ1n) is 8.31. The van der Waals surface area contributed by atoms with Gasteiger partial charge in [0.25, 0.3) is 0 Å². The van der Waals surface area contributed by atoms with Gasteiger partial charge in [-0.15, -0.1) is 0 Å². The first kappa shape index (κ1) is 15.4. The maximum atomic E-state index is 12.4. The van der Waals surface area contributed by atoms with Gasteiger partial charge in [0.15, 0.2) is 0 Å². The molecule has 1 aliphatic heterocycles. The van der Waals surface area contributed by atoms with Crippen LogP contribution in [-0.4, -0.2) is 18.4 Å². The molecule has 0 saturated carbocycles. The number of anilines is 1. The fourth-order valence-electron chi connectivity index (χ4n) is 3.18. The summed E-state index contributed by atoms with van der Waals surface area (Å²) >= 11 is 0. The number of fused-ring (bicyclic) bond motifs is 1. The van der Waals surface area contributed by atoms with Crippen molar-refractivity contribution in [1.82, 2.24) is 5.32 Å². The lowest BCUT2D eigenvalue weighted by molar-refractivity contribution is -0.126. The molecule has 0 bridgehead atoms. The molecule has 0 spiro atoms. The molecule has 1 aliphatic rings. The Morgan fingerprint density at radius 3 is 2.68 bits per heavy atom. The van der Waals surface area contributed by atoms with Gasteiger partial charge in [-0.3, -0.25) is 9.59 Å². The zero-order chi connectivity index (χ0) is 17.2. The first-order valence-corrected chi connectivity index (χ1v) is 8.31. The summed E-state index contributed by atoms with van der Waals surface area (Å²) in [5.74, 6) is 0.234. The van der Waals surface area contributed by atoms with Crippen LogP contribution in [0.25, 0.3) is 11.0 Å². The Bertz CT molecular complexity index is 884. The summed E-state index contributed by atoms with van der Waals surface area (Å²) in [6.45, 7) is 0.734. The van der Waals surface area contributed by atoms with Crippen LogP contribution in [0.4, 0.5) is 5.69 Å². The van der Waals surface area contributed by atoms with Crippen molar-refractivity contribution in [3.8, 4) is 0 Å². The molecule has 1 atom stereocenters. The summed E-state index contributed by atoms with van der Waals surface area (Å²) in [5.41, 5.74) is 1.64. The largest absolute Gasteiger partial charge is 0.459 e. The Morgan fingerprint density at radius 1 is 1.12 bits per heavy atom. The summed E-state index contributed by atoms with van der Waals surface area (Å²) in [6.07, 6.45) is 0.237. The Hall–Kier alpha value is -3.08. The van der Waals surface area contributed by atoms with Gasteiger partial charge in [-0.2, -0.15) is 0 Å². The molecule has 4 rings (SSSR count). The van der Waals surface area contributed by atoms with E-state index >= 15 is 0 Å². The number of para-hydroxylation sites is 2. The van der Waals surface area contributed by atoms with E-state index in [9.17, 15) is 9.59 Å². The smallest absolute Gasteiger partial charge is 0.227 e. The summed E-state index contributed by atoms with van der Waals surface area (Å²) in [4.78, 5) is 26.3. The SMILES string of the molecule is O=C(NCc1cc2ccccc2o1)[C@H]1CC(=O)N(c2ccccc2)C1. The fourth-order valence-corrected chi connectivity index (χ4v) is 3.18. The van der Waals surface area contributed by atoms with Crippen molar-refractivity contribution >= 4 is 28.5 Å². The van der Waals surface area contributed by atoms with Crippen molar-refractivity contribution in [2.75, 3.05) is 11.4 Å². The van der Waals surface area contributed by atoms with E-state index in [4.69, 9.17) is 4.42 Å². The molecule has 2 aromatic carbocycles. The lowest BCUT2D eigenvalue weighted by Gasteiger charge is -2.16. The normalized spacial score (nSPS) is 17.2. The van der Waals surface area contributed by atoms with E-state index in [1.54, 1.807) is 4.90 Å². The highest BCUT2D eigenvalue weighted by molar-refractivity contribution is 6.00. The Labute approximate surface area is 145 Å². The second-order valence-electron chi connectivity index (χ2n) is 6.21. The van der Waals surface area contributed by atoms with Gasteiger partial charge >= 0.3 is 0 Å². The van der Waals surface area contributed by atoms with E-state index in [1.807, 2.05) is 60.7 Å². The average Bonchev–Trinajstić information content (AvgIpc) is 3.23. The molecule has 1 saturated heterocycles. The second-order valence-corrected chi connectivity index (χ2v) is 6.21. The van der Waals surface area contributed by atoms with Crippen LogP contribution in [0, 0.1) is 5.92 Å². The molecule has 5 nitrogen and oxygen atoms in total. The standard InChI is InChI=1S/C20H18N2O3/c23-19-11-15(13-22(19)16-7-2-1-3-8-16)20(24)21-12-17-10-14-6-4-5-9-18(14)25-17/h1-10,15H,11-13H2,(H,21,24)/t15-/m0/s1. The molecule has 2 heterocycles. The quantitative estimate of drug-likeness (QED) is 0.797. The van der Waals surface area contributed by atoms with Crippen molar-refractivity contribution in [1.29, 1.82) is 0 Å². The molecule has 126 valence electrons. The summed E-state index contributed by atoms with van der Waals surface area (Å²) in [5, 5.41) is 3.89. The molecule has 0 unspecified atom stereocenters. The van der Waals surface area contributed by atoms with E-state index in [0.29, 0.717) is 18.8 Å². The van der Waals surface area contributed by atoms with E-state index in [-0.39, 0.29) is 24.2 Å². The van der Waals surface area contributed by atoms with Gasteiger partial charge in [0.05, 0.1) is 12.5 Å². The lowest BCUT2D eigenvalue weighted by atomic mass is 10.1. The van der Waals surface area contributed by atoms with E-state index in [0.717, 1.165) is 16.7 Å². The van der Waals surface area contributed by atoms with E-state index < -0.39 is 0 Å². The number of furan rings is 1. The Balaban J connectivity index is 1.39. The molecule has 1 aromatic heterocycles. The molecule has 3 aromatic rings. The highest BCUT2D eigenvalue weighted by Gasteiger charge is 2.34. The van der Waals surface area contributed by atoms with E-state index in [2.05, 4.69) is 5.32 Å². The molecule has 25 heavy (non-hydrogen) atoms. The molecule has 2 amide bonds. The van der Waals surface area contributed by atoms with Crippen LogP contribution in [0.15, 0.2) is 65.1 Å². The van der Waals surface area contributed by atoms with Crippen LogP contribution >= 0.6 is 0 Å². The van der Waals surface area contributed by atoms with Gasteiger partial charge in [0, 0.05) is 24.0 Å². The van der Waals surface area contributed by atoms with Gasteiger partial charge in [0.2, 0.25) is 11.8 Å². The van der Waals surface area contributed by atoms with Gasteiger partial charge < -0.3 is 14.6 Å². The monoisotopic (exact) mass is 334 g/mol. The maximum absolute atomic E-state index is 12.4. The number of hydrogen-bond acceptors (Lipinski definition) is 3. The Morgan fingerprint density at radius 2 is 1.88 bits per heavy atom. The molecule has 1 fully saturated rings. The minimum absolute atomic E-state index is 0.0184. The average molecular weight is 334 g/mol. The number of hydrogen-bond donors (Lipinski definition) is 1. The number of nitrogens with zero attached hydrogens (tertiary/aromatic N) is 1. The van der Waals surface area contributed by atoms with Crippen molar-refractivity contribution in [2.24, 2.45) is 5.92 Å². The first-order chi connectivity index (χ1) is 12.2. The number of carbonyl (C=O) groups is 2. The minimum Gasteiger partial charge on any atom is -0.459 e. The third kappa shape index (κ3) is 3.13. The van der Waals surface area contributed by atoms with Crippen LogP contribution in [0.1, 0.15) is 12.2 Å². The third-order valence-electron chi connectivity index (χ3n) is 4.48. The number of nitrogens with one attached hydrogen (secondary N) is 1. The van der Waals surface area contributed by atoms with Gasteiger partial charge in [-0.1, -0.05) is 36.4 Å². The maximum Gasteiger partial charge on any atom is 0.227 e. The molecular formula is C20H18N2O3. The summed E-state index contributed by atoms with van der Waals surface area (Å²) in [7, 11) is 0. The zero-order valence-electron chi connectivity index (χ0n) is 13.6. The number of carbonyl (C=O) groups excluding carboxylic acids is 2. The number of rotatable bonds is 4.